The summed E-state index contributed by atoms with van der Waals surface area (Å²) in [7, 11) is 0. The van der Waals surface area contributed by atoms with Crippen LogP contribution in [0.1, 0.15) is 12.8 Å². The zero-order valence-corrected chi connectivity index (χ0v) is 8.03. The van der Waals surface area contributed by atoms with Crippen LogP contribution in [0, 0.1) is 0 Å². The molecule has 0 rings (SSSR count). The smallest absolute Gasteiger partial charge is 0.322 e. The molecule has 5 N–H and O–H groups in total. The normalized spacial score (nSPS) is 11.5. The monoisotopic (exact) mass is 215 g/mol. The van der Waals surface area contributed by atoms with Crippen molar-refractivity contribution >= 4 is 17.8 Å². The van der Waals surface area contributed by atoms with E-state index in [1.165, 1.54) is 0 Å². The number of rotatable bonds is 7. The quantitative estimate of drug-likeness (QED) is 0.304. The fourth-order valence-electron chi connectivity index (χ4n) is 0.753. The Hall–Kier alpha value is -1.89. The standard InChI is InChI=1S/C8H13N3O4/c1-2-7(13)11-10-5(8(14)15)3-4-6(9)12/h2,5,10H,1,3-4H2,(H2,9,12)(H,11,13)(H,14,15)/t5-/m0/s1. The minimum atomic E-state index is -1.18. The Kier molecular flexibility index (Phi) is 5.72. The number of carboxylic acids is 1. The lowest BCUT2D eigenvalue weighted by Gasteiger charge is -2.13. The van der Waals surface area contributed by atoms with Gasteiger partial charge in [-0.1, -0.05) is 6.58 Å². The SMILES string of the molecule is C=CC(=O)NN[C@@H](CCC(N)=O)C(=O)O. The number of nitrogens with two attached hydrogens (primary N) is 1. The summed E-state index contributed by atoms with van der Waals surface area (Å²) in [4.78, 5) is 31.7. The Bertz CT molecular complexity index is 277. The highest BCUT2D eigenvalue weighted by molar-refractivity contribution is 5.86. The van der Waals surface area contributed by atoms with Crippen LogP contribution in [-0.4, -0.2) is 28.9 Å². The first-order valence-electron chi connectivity index (χ1n) is 4.16. The van der Waals surface area contributed by atoms with Crippen molar-refractivity contribution in [3.8, 4) is 0 Å². The third kappa shape index (κ3) is 6.22. The molecule has 0 unspecified atom stereocenters. The summed E-state index contributed by atoms with van der Waals surface area (Å²) in [6, 6.07) is -1.05. The number of amides is 2. The summed E-state index contributed by atoms with van der Waals surface area (Å²) in [5.74, 6) is -2.33. The van der Waals surface area contributed by atoms with E-state index in [2.05, 4.69) is 17.4 Å². The maximum atomic E-state index is 10.7. The molecule has 0 saturated carbocycles. The highest BCUT2D eigenvalue weighted by Gasteiger charge is 2.17. The van der Waals surface area contributed by atoms with Gasteiger partial charge in [-0.25, -0.2) is 5.43 Å². The van der Waals surface area contributed by atoms with Crippen LogP contribution in [0.2, 0.25) is 0 Å². The van der Waals surface area contributed by atoms with Gasteiger partial charge in [0.15, 0.2) is 0 Å². The Labute approximate surface area is 86.3 Å². The van der Waals surface area contributed by atoms with Gasteiger partial charge >= 0.3 is 5.97 Å². The van der Waals surface area contributed by atoms with Gasteiger partial charge in [0.05, 0.1) is 0 Å². The third-order valence-electron chi connectivity index (χ3n) is 1.53. The fourth-order valence-corrected chi connectivity index (χ4v) is 0.753. The number of carbonyl (C=O) groups is 3. The predicted molar refractivity (Wildman–Crippen MR) is 51.3 cm³/mol. The first-order chi connectivity index (χ1) is 6.97. The average Bonchev–Trinajstić information content (AvgIpc) is 2.16. The molecular weight excluding hydrogens is 202 g/mol. The molecule has 0 spiro atoms. The summed E-state index contributed by atoms with van der Waals surface area (Å²) in [5, 5.41) is 8.68. The van der Waals surface area contributed by atoms with Gasteiger partial charge in [-0.3, -0.25) is 19.8 Å². The molecule has 0 bridgehead atoms. The van der Waals surface area contributed by atoms with Crippen LogP contribution < -0.4 is 16.6 Å². The van der Waals surface area contributed by atoms with Crippen molar-refractivity contribution in [3.05, 3.63) is 12.7 Å². The van der Waals surface area contributed by atoms with E-state index in [-0.39, 0.29) is 12.8 Å². The average molecular weight is 215 g/mol. The first-order valence-corrected chi connectivity index (χ1v) is 4.16. The van der Waals surface area contributed by atoms with E-state index in [0.717, 1.165) is 6.08 Å². The Morgan fingerprint density at radius 3 is 2.47 bits per heavy atom. The van der Waals surface area contributed by atoms with Gasteiger partial charge in [-0.15, -0.1) is 0 Å². The minimum absolute atomic E-state index is 0.00207. The molecule has 0 radical (unpaired) electrons. The lowest BCUT2D eigenvalue weighted by Crippen LogP contribution is -2.47. The van der Waals surface area contributed by atoms with Gasteiger partial charge in [0.25, 0.3) is 5.91 Å². The van der Waals surface area contributed by atoms with Crippen molar-refractivity contribution in [2.45, 2.75) is 18.9 Å². The van der Waals surface area contributed by atoms with Crippen molar-refractivity contribution in [2.24, 2.45) is 5.73 Å². The topological polar surface area (TPSA) is 122 Å². The third-order valence-corrected chi connectivity index (χ3v) is 1.53. The van der Waals surface area contributed by atoms with E-state index in [4.69, 9.17) is 10.8 Å². The van der Waals surface area contributed by atoms with Gasteiger partial charge in [0.1, 0.15) is 6.04 Å². The fraction of sp³-hybridized carbons (Fsp3) is 0.375. The Morgan fingerprint density at radius 1 is 1.47 bits per heavy atom. The van der Waals surface area contributed by atoms with Crippen LogP contribution in [-0.2, 0) is 14.4 Å². The molecule has 7 nitrogen and oxygen atoms in total. The molecule has 0 fully saturated rings. The largest absolute Gasteiger partial charge is 0.480 e. The molecule has 0 aliphatic heterocycles. The first kappa shape index (κ1) is 13.1. The molecule has 0 saturated heterocycles. The Balaban J connectivity index is 4.04. The number of hydrazine groups is 1. The van der Waals surface area contributed by atoms with E-state index in [0.29, 0.717) is 0 Å². The summed E-state index contributed by atoms with van der Waals surface area (Å²) < 4.78 is 0. The highest BCUT2D eigenvalue weighted by atomic mass is 16.4. The maximum Gasteiger partial charge on any atom is 0.322 e. The number of aliphatic carboxylic acids is 1. The summed E-state index contributed by atoms with van der Waals surface area (Å²) in [5.41, 5.74) is 9.20. The van der Waals surface area contributed by atoms with Crippen molar-refractivity contribution in [1.29, 1.82) is 0 Å². The summed E-state index contributed by atoms with van der Waals surface area (Å²) in [6.07, 6.45) is 0.913. The van der Waals surface area contributed by atoms with E-state index >= 15 is 0 Å². The van der Waals surface area contributed by atoms with Crippen LogP contribution in [0.15, 0.2) is 12.7 Å². The zero-order valence-electron chi connectivity index (χ0n) is 8.03. The number of carbonyl (C=O) groups excluding carboxylic acids is 2. The second kappa shape index (κ2) is 6.55. The predicted octanol–water partition coefficient (Wildman–Crippen LogP) is -1.49. The molecule has 0 aromatic rings. The molecule has 84 valence electrons. The molecule has 0 heterocycles. The molecule has 0 aromatic carbocycles. The molecule has 7 heteroatoms. The summed E-state index contributed by atoms with van der Waals surface area (Å²) in [6.45, 7) is 3.18. The van der Waals surface area contributed by atoms with Gasteiger partial charge < -0.3 is 10.8 Å². The van der Waals surface area contributed by atoms with Gasteiger partial charge in [0.2, 0.25) is 5.91 Å². The van der Waals surface area contributed by atoms with Crippen molar-refractivity contribution in [1.82, 2.24) is 10.9 Å². The summed E-state index contributed by atoms with van der Waals surface area (Å²) >= 11 is 0. The van der Waals surface area contributed by atoms with Crippen molar-refractivity contribution in [3.63, 3.8) is 0 Å². The molecule has 0 aromatic heterocycles. The van der Waals surface area contributed by atoms with Crippen LogP contribution in [0.4, 0.5) is 0 Å². The van der Waals surface area contributed by atoms with Gasteiger partial charge in [-0.05, 0) is 12.5 Å². The van der Waals surface area contributed by atoms with Crippen molar-refractivity contribution in [2.75, 3.05) is 0 Å². The van der Waals surface area contributed by atoms with Crippen molar-refractivity contribution < 1.29 is 19.5 Å². The van der Waals surface area contributed by atoms with E-state index in [1.54, 1.807) is 0 Å². The van der Waals surface area contributed by atoms with Crippen LogP contribution in [0.5, 0.6) is 0 Å². The van der Waals surface area contributed by atoms with E-state index in [9.17, 15) is 14.4 Å². The molecule has 0 aliphatic carbocycles. The van der Waals surface area contributed by atoms with Crippen LogP contribution in [0.25, 0.3) is 0 Å². The number of hydrogen-bond acceptors (Lipinski definition) is 4. The lowest BCUT2D eigenvalue weighted by atomic mass is 10.1. The Morgan fingerprint density at radius 2 is 2.07 bits per heavy atom. The highest BCUT2D eigenvalue weighted by Crippen LogP contribution is 1.95. The second-order valence-electron chi connectivity index (χ2n) is 2.73. The van der Waals surface area contributed by atoms with E-state index in [1.807, 2.05) is 0 Å². The molecule has 1 atom stereocenters. The second-order valence-corrected chi connectivity index (χ2v) is 2.73. The number of hydrogen-bond donors (Lipinski definition) is 4. The van der Waals surface area contributed by atoms with Crippen LogP contribution in [0.3, 0.4) is 0 Å². The van der Waals surface area contributed by atoms with Gasteiger partial charge in [-0.2, -0.15) is 0 Å². The van der Waals surface area contributed by atoms with Crippen LogP contribution >= 0.6 is 0 Å². The van der Waals surface area contributed by atoms with Gasteiger partial charge in [0, 0.05) is 6.42 Å². The minimum Gasteiger partial charge on any atom is -0.480 e. The number of primary amides is 1. The lowest BCUT2D eigenvalue weighted by molar-refractivity contribution is -0.140. The molecule has 0 aliphatic rings. The number of nitrogens with one attached hydrogen (secondary N) is 2. The molecule has 2 amide bonds. The maximum absolute atomic E-state index is 10.7. The molecule has 15 heavy (non-hydrogen) atoms. The van der Waals surface area contributed by atoms with E-state index < -0.39 is 23.8 Å². The molecular formula is C8H13N3O4. The number of carboxylic acid groups (broad SMARTS) is 1. The zero-order chi connectivity index (χ0) is 11.8.